The molecule has 1 N–H and O–H groups in total. The summed E-state index contributed by atoms with van der Waals surface area (Å²) in [6.07, 6.45) is 6.87. The molecule has 3 aliphatic rings. The Morgan fingerprint density at radius 2 is 1.69 bits per heavy atom. The topological polar surface area (TPSA) is 172 Å². The van der Waals surface area contributed by atoms with Gasteiger partial charge >= 0.3 is 11.4 Å². The molecule has 10 rings (SSSR count). The van der Waals surface area contributed by atoms with Crippen LogP contribution in [0.25, 0.3) is 28.1 Å². The third kappa shape index (κ3) is 7.17. The molecule has 338 valence electrons. The second kappa shape index (κ2) is 15.6. The van der Waals surface area contributed by atoms with Crippen LogP contribution in [0.4, 0.5) is 8.78 Å². The summed E-state index contributed by atoms with van der Waals surface area (Å²) in [5.74, 6) is -1.28. The number of carbonyl (C=O) groups excluding carboxylic acids is 1. The van der Waals surface area contributed by atoms with Crippen LogP contribution in [0.5, 0.6) is 0 Å². The number of aromatic nitrogens is 7. The molecule has 2 fully saturated rings. The number of amides is 1. The van der Waals surface area contributed by atoms with Gasteiger partial charge in [0.1, 0.15) is 38.5 Å². The summed E-state index contributed by atoms with van der Waals surface area (Å²) in [5.41, 5.74) is 3.73. The Bertz CT molecular complexity index is 3280. The SMILES string of the molecule is Cc1cc(-n2nc3c(c2-n2ccn(-c4ccc(CCS(C)(=O)=O)cc4F)c2=O)C(C)N(C(=O)c2cc4cc(C5CCOCC5)ccc4n2[C@@]2(c4noc(=O)[nH]4)C[C@@H]2C)CC3)cc(C)c1F. The molecule has 0 spiro atoms. The summed E-state index contributed by atoms with van der Waals surface area (Å²) in [5, 5.41) is 10.0. The summed E-state index contributed by atoms with van der Waals surface area (Å²) >= 11 is 0. The highest BCUT2D eigenvalue weighted by atomic mass is 32.2. The first-order valence-corrected chi connectivity index (χ1v) is 23.9. The molecule has 65 heavy (non-hydrogen) atoms. The van der Waals surface area contributed by atoms with E-state index >= 15 is 13.6 Å². The lowest BCUT2D eigenvalue weighted by Crippen LogP contribution is -2.41. The van der Waals surface area contributed by atoms with Gasteiger partial charge in [-0.3, -0.25) is 23.4 Å². The molecule has 1 unspecified atom stereocenters. The van der Waals surface area contributed by atoms with E-state index in [9.17, 15) is 18.0 Å². The Labute approximate surface area is 372 Å². The number of nitrogens with one attached hydrogen (secondary N) is 1. The van der Waals surface area contributed by atoms with Crippen LogP contribution >= 0.6 is 0 Å². The predicted molar refractivity (Wildman–Crippen MR) is 237 cm³/mol. The highest BCUT2D eigenvalue weighted by Gasteiger charge is 2.59. The lowest BCUT2D eigenvalue weighted by molar-refractivity contribution is 0.0663. The van der Waals surface area contributed by atoms with E-state index in [-0.39, 0.29) is 42.0 Å². The van der Waals surface area contributed by atoms with Crippen molar-refractivity contribution < 1.29 is 31.3 Å². The highest BCUT2D eigenvalue weighted by Crippen LogP contribution is 2.56. The molecule has 3 aromatic carbocycles. The minimum Gasteiger partial charge on any atom is -0.381 e. The van der Waals surface area contributed by atoms with Crippen molar-refractivity contribution >= 4 is 26.6 Å². The lowest BCUT2D eigenvalue weighted by atomic mass is 9.91. The molecule has 4 aromatic heterocycles. The zero-order valence-electron chi connectivity index (χ0n) is 36.6. The fourth-order valence-electron chi connectivity index (χ4n) is 10.1. The van der Waals surface area contributed by atoms with E-state index in [0.29, 0.717) is 82.9 Å². The second-order valence-electron chi connectivity index (χ2n) is 17.9. The minimum atomic E-state index is -3.29. The quantitative estimate of drug-likeness (QED) is 0.164. The van der Waals surface area contributed by atoms with Gasteiger partial charge in [-0.05, 0) is 123 Å². The van der Waals surface area contributed by atoms with Crippen molar-refractivity contribution in [1.82, 2.24) is 38.5 Å². The summed E-state index contributed by atoms with van der Waals surface area (Å²) in [6, 6.07) is 15.1. The Morgan fingerprint density at radius 1 is 0.969 bits per heavy atom. The average molecular weight is 907 g/mol. The predicted octanol–water partition coefficient (Wildman–Crippen LogP) is 6.36. The molecule has 0 bridgehead atoms. The second-order valence-corrected chi connectivity index (χ2v) is 20.2. The first kappa shape index (κ1) is 42.5. The molecule has 1 saturated heterocycles. The van der Waals surface area contributed by atoms with Gasteiger partial charge in [0.25, 0.3) is 5.91 Å². The molecule has 18 heteroatoms. The molecule has 1 saturated carbocycles. The van der Waals surface area contributed by atoms with Crippen molar-refractivity contribution in [3.05, 3.63) is 145 Å². The van der Waals surface area contributed by atoms with Gasteiger partial charge in [0.2, 0.25) is 0 Å². The van der Waals surface area contributed by atoms with E-state index in [1.165, 1.54) is 29.1 Å². The summed E-state index contributed by atoms with van der Waals surface area (Å²) in [6.45, 7) is 8.85. The number of benzene rings is 3. The molecular weight excluding hydrogens is 859 g/mol. The zero-order chi connectivity index (χ0) is 45.7. The maximum atomic E-state index is 15.8. The first-order valence-electron chi connectivity index (χ1n) is 21.8. The van der Waals surface area contributed by atoms with Gasteiger partial charge in [0.15, 0.2) is 5.82 Å². The van der Waals surface area contributed by atoms with Crippen molar-refractivity contribution in [2.45, 2.75) is 77.3 Å². The number of hydrogen-bond acceptors (Lipinski definition) is 9. The normalized spacial score (nSPS) is 20.1. The van der Waals surface area contributed by atoms with E-state index in [4.69, 9.17) is 14.4 Å². The van der Waals surface area contributed by atoms with Crippen molar-refractivity contribution in [3.63, 3.8) is 0 Å². The number of aryl methyl sites for hydroxylation is 3. The number of hydrogen-bond donors (Lipinski definition) is 1. The van der Waals surface area contributed by atoms with Crippen LogP contribution in [0, 0.1) is 31.4 Å². The molecular formula is C47H48F2N8O7S. The van der Waals surface area contributed by atoms with Crippen LogP contribution in [-0.4, -0.2) is 84.6 Å². The van der Waals surface area contributed by atoms with Crippen molar-refractivity contribution in [2.24, 2.45) is 5.92 Å². The number of rotatable bonds is 10. The fourth-order valence-corrected chi connectivity index (χ4v) is 10.7. The van der Waals surface area contributed by atoms with Gasteiger partial charge in [0.05, 0.1) is 28.9 Å². The summed E-state index contributed by atoms with van der Waals surface area (Å²) < 4.78 is 71.2. The largest absolute Gasteiger partial charge is 0.438 e. The lowest BCUT2D eigenvalue weighted by Gasteiger charge is -2.34. The summed E-state index contributed by atoms with van der Waals surface area (Å²) in [7, 11) is -3.29. The number of halogens is 2. The number of ether oxygens (including phenoxy) is 1. The van der Waals surface area contributed by atoms with Gasteiger partial charge < -0.3 is 14.2 Å². The minimum absolute atomic E-state index is 0.0113. The maximum Gasteiger partial charge on any atom is 0.438 e. The van der Waals surface area contributed by atoms with Crippen molar-refractivity contribution in [3.8, 4) is 17.2 Å². The number of fused-ring (bicyclic) bond motifs is 2. The van der Waals surface area contributed by atoms with E-state index in [1.54, 1.807) is 41.6 Å². The Balaban J connectivity index is 1.10. The van der Waals surface area contributed by atoms with Crippen LogP contribution in [-0.2, 0) is 33.0 Å². The van der Waals surface area contributed by atoms with Crippen LogP contribution in [0.1, 0.15) is 94.9 Å². The van der Waals surface area contributed by atoms with E-state index in [1.807, 2.05) is 30.5 Å². The number of H-pyrrole nitrogens is 1. The number of imidazole rings is 1. The monoisotopic (exact) mass is 906 g/mol. The molecule has 0 radical (unpaired) electrons. The molecule has 1 amide bonds. The molecule has 2 aliphatic heterocycles. The zero-order valence-corrected chi connectivity index (χ0v) is 37.4. The molecule has 15 nitrogen and oxygen atoms in total. The molecule has 7 aromatic rings. The van der Waals surface area contributed by atoms with Crippen LogP contribution < -0.4 is 11.4 Å². The Morgan fingerprint density at radius 3 is 2.35 bits per heavy atom. The Hall–Kier alpha value is -6.40. The van der Waals surface area contributed by atoms with Crippen molar-refractivity contribution in [1.29, 1.82) is 0 Å². The number of carbonyl (C=O) groups is 1. The molecule has 1 aliphatic carbocycles. The van der Waals surface area contributed by atoms with Gasteiger partial charge in [0, 0.05) is 61.3 Å². The van der Waals surface area contributed by atoms with Gasteiger partial charge in [-0.2, -0.15) is 5.10 Å². The van der Waals surface area contributed by atoms with Crippen LogP contribution in [0.3, 0.4) is 0 Å². The Kier molecular flexibility index (Phi) is 10.2. The number of nitrogens with zero attached hydrogens (tertiary/aromatic N) is 7. The van der Waals surface area contributed by atoms with Crippen LogP contribution in [0.2, 0.25) is 0 Å². The fraction of sp³-hybridized carbons (Fsp3) is 0.383. The number of sulfone groups is 1. The van der Waals surface area contributed by atoms with Crippen LogP contribution in [0.15, 0.2) is 81.1 Å². The van der Waals surface area contributed by atoms with E-state index in [0.717, 1.165) is 40.1 Å². The van der Waals surface area contributed by atoms with Gasteiger partial charge in [-0.1, -0.05) is 24.2 Å². The maximum absolute atomic E-state index is 15.8. The van der Waals surface area contributed by atoms with Gasteiger partial charge in [-0.15, -0.1) is 0 Å². The molecule has 3 atom stereocenters. The highest BCUT2D eigenvalue weighted by molar-refractivity contribution is 7.90. The third-order valence-corrected chi connectivity index (χ3v) is 14.6. The summed E-state index contributed by atoms with van der Waals surface area (Å²) in [4.78, 5) is 46.9. The third-order valence-electron chi connectivity index (χ3n) is 13.7. The number of aromatic amines is 1. The van der Waals surface area contributed by atoms with Crippen molar-refractivity contribution in [2.75, 3.05) is 31.8 Å². The standard InChI is InChI=1S/C47H48F2N8O7S/c1-26-20-34(21-27(2)41(26)49)57-42(55-16-15-54(46(55)60)38-8-6-30(22-35(38)48)13-19-65(5,61)62)40-29(4)53(14-10-36(40)51-57)43(58)39-24-33-23-32(31-11-17-63-18-12-31)7-9-37(33)56(39)47(25-28(47)3)44-50-45(59)64-52-44/h6-9,15-16,20-24,28-29,31H,10-14,17-19,25H2,1-5H3,(H,50,52,59)/t28-,29?,47-/m0/s1. The molecule has 6 heterocycles. The van der Waals surface area contributed by atoms with E-state index in [2.05, 4.69) is 22.3 Å². The average Bonchev–Trinajstić information content (AvgIpc) is 3.77. The van der Waals surface area contributed by atoms with E-state index < -0.39 is 38.7 Å². The smallest absolute Gasteiger partial charge is 0.381 e. The first-order chi connectivity index (χ1) is 31.0. The van der Waals surface area contributed by atoms with Gasteiger partial charge in [-0.25, -0.2) is 31.5 Å².